The molecule has 4 rings (SSSR count). The second-order valence-corrected chi connectivity index (χ2v) is 13.0. The lowest BCUT2D eigenvalue weighted by Crippen LogP contribution is -2.30. The number of esters is 1. The maximum absolute atomic E-state index is 14.8. The van der Waals surface area contributed by atoms with Gasteiger partial charge in [-0.3, -0.25) is 4.79 Å². The Bertz CT molecular complexity index is 890. The van der Waals surface area contributed by atoms with E-state index in [4.69, 9.17) is 9.47 Å². The van der Waals surface area contributed by atoms with Gasteiger partial charge >= 0.3 is 5.97 Å². The summed E-state index contributed by atoms with van der Waals surface area (Å²) >= 11 is 0. The molecule has 0 atom stereocenters. The van der Waals surface area contributed by atoms with E-state index in [1.807, 2.05) is 0 Å². The molecule has 0 spiro atoms. The molecule has 0 radical (unpaired) electrons. The molecule has 0 saturated heterocycles. The molecule has 3 saturated carbocycles. The van der Waals surface area contributed by atoms with Crippen LogP contribution in [0.1, 0.15) is 117 Å². The van der Waals surface area contributed by atoms with Crippen LogP contribution < -0.4 is 4.74 Å². The Morgan fingerprint density at radius 3 is 2.05 bits per heavy atom. The minimum Gasteiger partial charge on any atom is -0.423 e. The Morgan fingerprint density at radius 2 is 1.46 bits per heavy atom. The van der Waals surface area contributed by atoms with Gasteiger partial charge in [-0.1, -0.05) is 47.0 Å². The first-order valence-electron chi connectivity index (χ1n) is 15.0. The van der Waals surface area contributed by atoms with E-state index in [-0.39, 0.29) is 29.9 Å². The van der Waals surface area contributed by atoms with Gasteiger partial charge in [0, 0.05) is 5.56 Å². The van der Waals surface area contributed by atoms with Crippen molar-refractivity contribution in [2.45, 2.75) is 124 Å². The fraction of sp³-hybridized carbons (Fsp3) is 0.781. The van der Waals surface area contributed by atoms with Gasteiger partial charge in [0.15, 0.2) is 11.6 Å². The topological polar surface area (TPSA) is 35.5 Å². The van der Waals surface area contributed by atoms with Crippen LogP contribution in [-0.4, -0.2) is 12.1 Å². The third-order valence-electron chi connectivity index (χ3n) is 10.3. The van der Waals surface area contributed by atoms with Gasteiger partial charge in [-0.2, -0.15) is 4.39 Å². The van der Waals surface area contributed by atoms with Crippen LogP contribution in [0.15, 0.2) is 12.1 Å². The molecule has 0 aromatic heterocycles. The predicted octanol–water partition coefficient (Wildman–Crippen LogP) is 9.01. The zero-order chi connectivity index (χ0) is 26.6. The summed E-state index contributed by atoms with van der Waals surface area (Å²) in [5, 5.41) is 0. The molecule has 208 valence electrons. The van der Waals surface area contributed by atoms with Crippen molar-refractivity contribution < 1.29 is 23.0 Å². The van der Waals surface area contributed by atoms with Gasteiger partial charge < -0.3 is 9.47 Å². The van der Waals surface area contributed by atoms with Gasteiger partial charge in [0.2, 0.25) is 5.82 Å². The van der Waals surface area contributed by atoms with E-state index >= 15 is 0 Å². The third-order valence-corrected chi connectivity index (χ3v) is 10.3. The molecule has 1 aromatic rings. The Labute approximate surface area is 223 Å². The van der Waals surface area contributed by atoms with Crippen LogP contribution in [0.4, 0.5) is 8.78 Å². The first kappa shape index (κ1) is 28.5. The molecule has 0 unspecified atom stereocenters. The van der Waals surface area contributed by atoms with Gasteiger partial charge in [0.25, 0.3) is 0 Å². The smallest absolute Gasteiger partial charge is 0.314 e. The van der Waals surface area contributed by atoms with Crippen molar-refractivity contribution in [2.75, 3.05) is 0 Å². The van der Waals surface area contributed by atoms with E-state index in [1.54, 1.807) is 0 Å². The molecule has 3 fully saturated rings. The highest BCUT2D eigenvalue weighted by molar-refractivity contribution is 5.75. The van der Waals surface area contributed by atoms with E-state index in [0.29, 0.717) is 17.3 Å². The highest BCUT2D eigenvalue weighted by Gasteiger charge is 2.34. The van der Waals surface area contributed by atoms with E-state index in [1.165, 1.54) is 37.8 Å². The highest BCUT2D eigenvalue weighted by Crippen LogP contribution is 2.42. The number of hydrogen-bond donors (Lipinski definition) is 0. The molecule has 5 heteroatoms. The number of ether oxygens (including phenoxy) is 2. The van der Waals surface area contributed by atoms with Gasteiger partial charge in [0.1, 0.15) is 0 Å². The van der Waals surface area contributed by atoms with Crippen LogP contribution >= 0.6 is 0 Å². The third kappa shape index (κ3) is 7.13. The van der Waals surface area contributed by atoms with Gasteiger partial charge in [-0.05, 0) is 105 Å². The van der Waals surface area contributed by atoms with Crippen molar-refractivity contribution in [1.82, 2.24) is 0 Å². The number of carbonyl (C=O) groups is 1. The molecule has 0 heterocycles. The van der Waals surface area contributed by atoms with Crippen molar-refractivity contribution >= 4 is 5.97 Å². The Morgan fingerprint density at radius 1 is 0.865 bits per heavy atom. The highest BCUT2D eigenvalue weighted by atomic mass is 19.2. The zero-order valence-corrected chi connectivity index (χ0v) is 23.5. The van der Waals surface area contributed by atoms with Gasteiger partial charge in [-0.25, -0.2) is 4.39 Å². The molecule has 0 aliphatic heterocycles. The first-order valence-corrected chi connectivity index (χ1v) is 15.0. The van der Waals surface area contributed by atoms with Crippen LogP contribution in [0.2, 0.25) is 0 Å². The van der Waals surface area contributed by atoms with Crippen LogP contribution in [0.3, 0.4) is 0 Å². The monoisotopic (exact) mass is 518 g/mol. The summed E-state index contributed by atoms with van der Waals surface area (Å²) in [6, 6.07) is 2.87. The Kier molecular flexibility index (Phi) is 9.69. The predicted molar refractivity (Wildman–Crippen MR) is 143 cm³/mol. The number of rotatable bonds is 8. The number of benzene rings is 1. The molecule has 3 nitrogen and oxygen atoms in total. The van der Waals surface area contributed by atoms with E-state index in [0.717, 1.165) is 69.6 Å². The van der Waals surface area contributed by atoms with E-state index in [2.05, 4.69) is 27.7 Å². The fourth-order valence-corrected chi connectivity index (χ4v) is 7.04. The van der Waals surface area contributed by atoms with E-state index in [9.17, 15) is 13.6 Å². The second kappa shape index (κ2) is 12.6. The number of hydrogen-bond acceptors (Lipinski definition) is 3. The summed E-state index contributed by atoms with van der Waals surface area (Å²) in [7, 11) is 0. The summed E-state index contributed by atoms with van der Waals surface area (Å²) in [4.78, 5) is 12.8. The summed E-state index contributed by atoms with van der Waals surface area (Å²) in [6.07, 6.45) is 14.2. The Balaban J connectivity index is 1.24. The summed E-state index contributed by atoms with van der Waals surface area (Å²) < 4.78 is 41.0. The van der Waals surface area contributed by atoms with Crippen LogP contribution in [0.25, 0.3) is 0 Å². The van der Waals surface area contributed by atoms with Gasteiger partial charge in [0.05, 0.1) is 18.6 Å². The molecule has 1 aromatic carbocycles. The number of halogens is 2. The van der Waals surface area contributed by atoms with Gasteiger partial charge in [-0.15, -0.1) is 0 Å². The minimum absolute atomic E-state index is 0.0352. The molecule has 0 N–H and O–H groups in total. The van der Waals surface area contributed by atoms with Crippen molar-refractivity contribution in [3.63, 3.8) is 0 Å². The lowest BCUT2D eigenvalue weighted by molar-refractivity contribution is -0.140. The average Bonchev–Trinajstić information content (AvgIpc) is 2.91. The number of carbonyl (C=O) groups excluding carboxylic acids is 1. The fourth-order valence-electron chi connectivity index (χ4n) is 7.04. The minimum atomic E-state index is -1.09. The largest absolute Gasteiger partial charge is 0.423 e. The SMILES string of the molecule is CCC(C)(C)C1CCC(OCc2ccc(OC(=O)C3CCC(C4CCC(C)CC4)CC3)c(F)c2F)CC1. The first-order chi connectivity index (χ1) is 17.7. The zero-order valence-electron chi connectivity index (χ0n) is 23.5. The van der Waals surface area contributed by atoms with Crippen LogP contribution in [-0.2, 0) is 16.1 Å². The summed E-state index contributed by atoms with van der Waals surface area (Å²) in [5.41, 5.74) is 0.511. The standard InChI is InChI=1S/C32H48F2O3/c1-5-32(3,4)26-15-17-27(18-16-26)36-20-25-14-19-28(30(34)29(25)33)37-31(35)24-12-10-23(11-13-24)22-8-6-21(2)7-9-22/h14,19,21-24,26-27H,5-13,15-18,20H2,1-4H3. The molecular formula is C32H48F2O3. The molecule has 37 heavy (non-hydrogen) atoms. The van der Waals surface area contributed by atoms with Crippen LogP contribution in [0.5, 0.6) is 5.75 Å². The maximum Gasteiger partial charge on any atom is 0.314 e. The molecule has 0 amide bonds. The van der Waals surface area contributed by atoms with Crippen molar-refractivity contribution in [1.29, 1.82) is 0 Å². The van der Waals surface area contributed by atoms with Crippen LogP contribution in [0, 0.1) is 46.6 Å². The van der Waals surface area contributed by atoms with Crippen molar-refractivity contribution in [2.24, 2.45) is 35.0 Å². The van der Waals surface area contributed by atoms with Crippen molar-refractivity contribution in [3.05, 3.63) is 29.3 Å². The quantitative estimate of drug-likeness (QED) is 0.254. The molecule has 0 bridgehead atoms. The summed E-state index contributed by atoms with van der Waals surface area (Å²) in [5.74, 6) is -0.0143. The maximum atomic E-state index is 14.8. The molecule has 3 aliphatic rings. The second-order valence-electron chi connectivity index (χ2n) is 13.0. The lowest BCUT2D eigenvalue weighted by Gasteiger charge is -2.38. The van der Waals surface area contributed by atoms with Crippen molar-refractivity contribution in [3.8, 4) is 5.75 Å². The normalized spacial score (nSPS) is 31.2. The summed E-state index contributed by atoms with van der Waals surface area (Å²) in [6.45, 7) is 9.27. The Hall–Kier alpha value is -1.49. The average molecular weight is 519 g/mol. The molecule has 3 aliphatic carbocycles. The lowest BCUT2D eigenvalue weighted by atomic mass is 9.69. The van der Waals surface area contributed by atoms with E-state index < -0.39 is 17.6 Å². The molecular weight excluding hydrogens is 470 g/mol.